The zero-order chi connectivity index (χ0) is 13.1. The lowest BCUT2D eigenvalue weighted by atomic mass is 9.97. The fourth-order valence-electron chi connectivity index (χ4n) is 2.29. The van der Waals surface area contributed by atoms with Gasteiger partial charge in [-0.15, -0.1) is 0 Å². The molecule has 0 aromatic heterocycles. The van der Waals surface area contributed by atoms with E-state index in [1.165, 1.54) is 16.7 Å². The lowest BCUT2D eigenvalue weighted by molar-refractivity contribution is 0.140. The van der Waals surface area contributed by atoms with Gasteiger partial charge in [-0.05, 0) is 29.7 Å². The third-order valence-electron chi connectivity index (χ3n) is 3.26. The second kappa shape index (κ2) is 5.24. The van der Waals surface area contributed by atoms with Crippen LogP contribution >= 0.6 is 0 Å². The monoisotopic (exact) mass is 252 g/mol. The van der Waals surface area contributed by atoms with E-state index in [9.17, 15) is 0 Å². The average molecular weight is 252 g/mol. The number of benzene rings is 2. The minimum atomic E-state index is 0.491. The van der Waals surface area contributed by atoms with Gasteiger partial charge < -0.3 is 4.74 Å². The van der Waals surface area contributed by atoms with Gasteiger partial charge in [0.1, 0.15) is 6.73 Å². The van der Waals surface area contributed by atoms with Gasteiger partial charge in [0.05, 0.1) is 12.3 Å². The lowest BCUT2D eigenvalue weighted by Gasteiger charge is -2.15. The largest absolute Gasteiger partial charge is 0.353 e. The van der Waals surface area contributed by atoms with E-state index in [0.717, 1.165) is 11.3 Å². The van der Waals surface area contributed by atoms with Gasteiger partial charge in [0, 0.05) is 5.56 Å². The van der Waals surface area contributed by atoms with E-state index in [1.807, 2.05) is 6.07 Å². The van der Waals surface area contributed by atoms with Crippen molar-refractivity contribution in [2.24, 2.45) is 5.10 Å². The molecule has 0 radical (unpaired) electrons. The number of nitrogens with zero attached hydrogens (tertiary/aromatic N) is 1. The summed E-state index contributed by atoms with van der Waals surface area (Å²) in [5.74, 6) is 0. The maximum absolute atomic E-state index is 5.35. The Hall–Kier alpha value is -2.13. The van der Waals surface area contributed by atoms with Crippen LogP contribution in [0.2, 0.25) is 0 Å². The number of hydrogen-bond acceptors (Lipinski definition) is 3. The van der Waals surface area contributed by atoms with Crippen molar-refractivity contribution in [2.75, 3.05) is 13.3 Å². The highest BCUT2D eigenvalue weighted by atomic mass is 16.5. The van der Waals surface area contributed by atoms with E-state index in [4.69, 9.17) is 4.74 Å². The molecule has 0 fully saturated rings. The quantitative estimate of drug-likeness (QED) is 0.891. The third kappa shape index (κ3) is 2.51. The van der Waals surface area contributed by atoms with Crippen LogP contribution < -0.4 is 5.43 Å². The summed E-state index contributed by atoms with van der Waals surface area (Å²) in [6.07, 6.45) is 0. The van der Waals surface area contributed by atoms with Crippen molar-refractivity contribution in [1.82, 2.24) is 5.43 Å². The number of nitrogens with one attached hydrogen (secondary N) is 1. The fraction of sp³-hybridized carbons (Fsp3) is 0.188. The molecule has 2 aromatic carbocycles. The first-order valence-corrected chi connectivity index (χ1v) is 6.38. The summed E-state index contributed by atoms with van der Waals surface area (Å²) in [7, 11) is 0. The molecule has 0 atom stereocenters. The molecule has 1 aliphatic rings. The molecule has 1 aliphatic heterocycles. The van der Waals surface area contributed by atoms with Gasteiger partial charge in [-0.25, -0.2) is 0 Å². The number of hydrogen-bond donors (Lipinski definition) is 1. The Morgan fingerprint density at radius 2 is 1.89 bits per heavy atom. The van der Waals surface area contributed by atoms with Crippen molar-refractivity contribution in [3.63, 3.8) is 0 Å². The van der Waals surface area contributed by atoms with E-state index in [1.54, 1.807) is 0 Å². The summed E-state index contributed by atoms with van der Waals surface area (Å²) in [5.41, 5.74) is 8.68. The van der Waals surface area contributed by atoms with Crippen LogP contribution in [0, 0.1) is 6.92 Å². The van der Waals surface area contributed by atoms with Crippen molar-refractivity contribution < 1.29 is 4.74 Å². The van der Waals surface area contributed by atoms with Crippen molar-refractivity contribution in [3.8, 4) is 11.1 Å². The number of aryl methyl sites for hydroxylation is 1. The van der Waals surface area contributed by atoms with Crippen LogP contribution in [-0.2, 0) is 4.74 Å². The van der Waals surface area contributed by atoms with E-state index in [2.05, 4.69) is 59.9 Å². The summed E-state index contributed by atoms with van der Waals surface area (Å²) in [5, 5.41) is 4.28. The van der Waals surface area contributed by atoms with Gasteiger partial charge in [0.2, 0.25) is 0 Å². The summed E-state index contributed by atoms with van der Waals surface area (Å²) in [6.45, 7) is 3.19. The lowest BCUT2D eigenvalue weighted by Crippen LogP contribution is -2.26. The van der Waals surface area contributed by atoms with Gasteiger partial charge in [0.15, 0.2) is 0 Å². The standard InChI is InChI=1S/C16H16N2O/c1-12-9-14(16-10-19-11-17-18-16)7-8-15(12)13-5-3-2-4-6-13/h2-9,17H,10-11H2,1H3. The van der Waals surface area contributed by atoms with Crippen LogP contribution in [0.5, 0.6) is 0 Å². The minimum absolute atomic E-state index is 0.491. The van der Waals surface area contributed by atoms with E-state index >= 15 is 0 Å². The fourth-order valence-corrected chi connectivity index (χ4v) is 2.29. The molecular formula is C16H16N2O. The van der Waals surface area contributed by atoms with Crippen LogP contribution in [0.25, 0.3) is 11.1 Å². The molecule has 0 saturated carbocycles. The number of hydrazone groups is 1. The Morgan fingerprint density at radius 1 is 1.05 bits per heavy atom. The Kier molecular flexibility index (Phi) is 3.29. The summed E-state index contributed by atoms with van der Waals surface area (Å²) in [6, 6.07) is 16.8. The highest BCUT2D eigenvalue weighted by Gasteiger charge is 2.10. The first-order valence-electron chi connectivity index (χ1n) is 6.38. The molecule has 3 nitrogen and oxygen atoms in total. The zero-order valence-corrected chi connectivity index (χ0v) is 10.9. The maximum Gasteiger partial charge on any atom is 0.132 e. The van der Waals surface area contributed by atoms with Gasteiger partial charge in [-0.3, -0.25) is 5.43 Å². The highest BCUT2D eigenvalue weighted by molar-refractivity contribution is 6.02. The Bertz CT molecular complexity index is 605. The first kappa shape index (κ1) is 11.9. The summed E-state index contributed by atoms with van der Waals surface area (Å²) >= 11 is 0. The predicted molar refractivity (Wildman–Crippen MR) is 77.1 cm³/mol. The molecule has 0 saturated heterocycles. The molecule has 2 aromatic rings. The summed E-state index contributed by atoms with van der Waals surface area (Å²) in [4.78, 5) is 0. The normalized spacial score (nSPS) is 14.7. The van der Waals surface area contributed by atoms with Crippen LogP contribution in [-0.4, -0.2) is 19.0 Å². The number of ether oxygens (including phenoxy) is 1. The van der Waals surface area contributed by atoms with Gasteiger partial charge >= 0.3 is 0 Å². The molecule has 1 N–H and O–H groups in total. The predicted octanol–water partition coefficient (Wildman–Crippen LogP) is 2.94. The topological polar surface area (TPSA) is 33.6 Å². The summed E-state index contributed by atoms with van der Waals surface area (Å²) < 4.78 is 5.35. The van der Waals surface area contributed by atoms with Gasteiger partial charge in [0.25, 0.3) is 0 Å². The van der Waals surface area contributed by atoms with Crippen LogP contribution in [0.15, 0.2) is 53.6 Å². The molecule has 3 rings (SSSR count). The van der Waals surface area contributed by atoms with Crippen LogP contribution in [0.4, 0.5) is 0 Å². The molecule has 0 bridgehead atoms. The third-order valence-corrected chi connectivity index (χ3v) is 3.26. The van der Waals surface area contributed by atoms with Gasteiger partial charge in [-0.2, -0.15) is 5.10 Å². The highest BCUT2D eigenvalue weighted by Crippen LogP contribution is 2.24. The van der Waals surface area contributed by atoms with E-state index in [-0.39, 0.29) is 0 Å². The Morgan fingerprint density at radius 3 is 2.58 bits per heavy atom. The molecule has 0 unspecified atom stereocenters. The van der Waals surface area contributed by atoms with Crippen molar-refractivity contribution in [2.45, 2.75) is 6.92 Å². The zero-order valence-electron chi connectivity index (χ0n) is 10.9. The molecule has 0 amide bonds. The minimum Gasteiger partial charge on any atom is -0.353 e. The maximum atomic E-state index is 5.35. The SMILES string of the molecule is Cc1cc(C2=NNCOC2)ccc1-c1ccccc1. The second-order valence-corrected chi connectivity index (χ2v) is 4.61. The molecule has 0 aliphatic carbocycles. The van der Waals surface area contributed by atoms with E-state index in [0.29, 0.717) is 13.3 Å². The average Bonchev–Trinajstić information content (AvgIpc) is 2.49. The van der Waals surface area contributed by atoms with Crippen molar-refractivity contribution in [1.29, 1.82) is 0 Å². The van der Waals surface area contributed by atoms with Crippen molar-refractivity contribution >= 4 is 5.71 Å². The van der Waals surface area contributed by atoms with Gasteiger partial charge in [-0.1, -0.05) is 42.5 Å². The molecule has 96 valence electrons. The molecule has 1 heterocycles. The first-order chi connectivity index (χ1) is 9.34. The Balaban J connectivity index is 1.96. The molecule has 3 heteroatoms. The molecular weight excluding hydrogens is 236 g/mol. The Labute approximate surface area is 112 Å². The smallest absolute Gasteiger partial charge is 0.132 e. The van der Waals surface area contributed by atoms with Crippen LogP contribution in [0.3, 0.4) is 0 Å². The number of rotatable bonds is 2. The molecule has 19 heavy (non-hydrogen) atoms. The second-order valence-electron chi connectivity index (χ2n) is 4.61. The van der Waals surface area contributed by atoms with Crippen LogP contribution in [0.1, 0.15) is 11.1 Å². The molecule has 0 spiro atoms. The van der Waals surface area contributed by atoms with E-state index < -0.39 is 0 Å². The van der Waals surface area contributed by atoms with Crippen molar-refractivity contribution in [3.05, 3.63) is 59.7 Å².